The average molecular weight is 353 g/mol. The highest BCUT2D eigenvalue weighted by Crippen LogP contribution is 2.40. The molecule has 0 aliphatic carbocycles. The van der Waals surface area contributed by atoms with Crippen LogP contribution in [-0.2, 0) is 6.18 Å². The van der Waals surface area contributed by atoms with E-state index in [0.29, 0.717) is 10.8 Å². The lowest BCUT2D eigenvalue weighted by molar-refractivity contribution is -0.475. The zero-order chi connectivity index (χ0) is 17.5. The van der Waals surface area contributed by atoms with Gasteiger partial charge < -0.3 is 10.2 Å². The molecular weight excluding hydrogens is 343 g/mol. The topological polar surface area (TPSA) is 71.5 Å². The van der Waals surface area contributed by atoms with E-state index >= 15 is 0 Å². The fourth-order valence-electron chi connectivity index (χ4n) is 2.27. The number of rotatable bonds is 2. The van der Waals surface area contributed by atoms with E-state index in [2.05, 4.69) is 10.1 Å². The Balaban J connectivity index is 2.12. The van der Waals surface area contributed by atoms with Gasteiger partial charge in [-0.1, -0.05) is 40.0 Å². The molecule has 3 aromatic rings. The van der Waals surface area contributed by atoms with Crippen molar-refractivity contribution in [3.8, 4) is 11.5 Å². The lowest BCUT2D eigenvalue weighted by Crippen LogP contribution is -2.04. The van der Waals surface area contributed by atoms with Gasteiger partial charge in [0.15, 0.2) is 18.5 Å². The number of phenols is 1. The molecule has 0 bridgehead atoms. The SMILES string of the molecule is C[N+](=Nc1nc(C(F)(F)F)cs1)c1c(O)cc([O-])c2ccccc12. The summed E-state index contributed by atoms with van der Waals surface area (Å²) in [6.07, 6.45) is -4.54. The summed E-state index contributed by atoms with van der Waals surface area (Å²) in [5.41, 5.74) is -0.808. The van der Waals surface area contributed by atoms with Crippen molar-refractivity contribution in [3.05, 3.63) is 41.4 Å². The van der Waals surface area contributed by atoms with E-state index in [1.807, 2.05) is 0 Å². The highest BCUT2D eigenvalue weighted by molar-refractivity contribution is 7.13. The largest absolute Gasteiger partial charge is 0.872 e. The number of hydrogen-bond acceptors (Lipinski definition) is 5. The first-order valence-electron chi connectivity index (χ1n) is 6.67. The third kappa shape index (κ3) is 2.90. The highest BCUT2D eigenvalue weighted by atomic mass is 32.1. The standard InChI is InChI=1S/C15H10F3N3O2S/c1-21(20-14-19-12(7-24-14)15(16,17)18)13-9-5-3-2-4-8(9)10(22)6-11(13)23/h2-7H,1H3,(H-,19,20,22,23). The lowest BCUT2D eigenvalue weighted by Gasteiger charge is -2.12. The summed E-state index contributed by atoms with van der Waals surface area (Å²) in [6, 6.07) is 7.63. The number of alkyl halides is 3. The Kier molecular flexibility index (Phi) is 3.88. The van der Waals surface area contributed by atoms with Crippen molar-refractivity contribution in [1.29, 1.82) is 0 Å². The zero-order valence-corrected chi connectivity index (χ0v) is 13.0. The van der Waals surface area contributed by atoms with E-state index < -0.39 is 11.9 Å². The first-order chi connectivity index (χ1) is 11.3. The summed E-state index contributed by atoms with van der Waals surface area (Å²) in [5, 5.41) is 27.5. The molecule has 0 atom stereocenters. The number of aromatic nitrogens is 1. The van der Waals surface area contributed by atoms with Gasteiger partial charge in [-0.05, 0) is 17.5 Å². The third-order valence-electron chi connectivity index (χ3n) is 3.30. The maximum Gasteiger partial charge on any atom is 0.434 e. The van der Waals surface area contributed by atoms with Crippen LogP contribution in [0.1, 0.15) is 5.69 Å². The van der Waals surface area contributed by atoms with Crippen LogP contribution >= 0.6 is 11.3 Å². The molecule has 1 aromatic heterocycles. The van der Waals surface area contributed by atoms with Gasteiger partial charge in [0.2, 0.25) is 0 Å². The smallest absolute Gasteiger partial charge is 0.434 e. The first-order valence-corrected chi connectivity index (χ1v) is 7.55. The van der Waals surface area contributed by atoms with Crippen LogP contribution in [0.25, 0.3) is 10.8 Å². The number of halogens is 3. The van der Waals surface area contributed by atoms with Crippen LogP contribution < -0.4 is 5.11 Å². The highest BCUT2D eigenvalue weighted by Gasteiger charge is 2.34. The molecule has 0 amide bonds. The van der Waals surface area contributed by atoms with Crippen LogP contribution in [-0.4, -0.2) is 21.8 Å². The minimum absolute atomic E-state index is 0.112. The summed E-state index contributed by atoms with van der Waals surface area (Å²) >= 11 is 0.731. The van der Waals surface area contributed by atoms with Crippen LogP contribution in [0.3, 0.4) is 0 Å². The van der Waals surface area contributed by atoms with Gasteiger partial charge in [-0.15, -0.1) is 0 Å². The van der Waals surface area contributed by atoms with Crippen LogP contribution in [0.15, 0.2) is 40.8 Å². The molecule has 1 N–H and O–H groups in total. The van der Waals surface area contributed by atoms with Crippen LogP contribution in [0.5, 0.6) is 11.5 Å². The number of fused-ring (bicyclic) bond motifs is 1. The molecule has 0 saturated heterocycles. The monoisotopic (exact) mass is 353 g/mol. The van der Waals surface area contributed by atoms with Crippen molar-refractivity contribution in [2.45, 2.75) is 6.18 Å². The van der Waals surface area contributed by atoms with Gasteiger partial charge in [0.05, 0.1) is 5.39 Å². The van der Waals surface area contributed by atoms with E-state index in [9.17, 15) is 23.4 Å². The Morgan fingerprint density at radius 3 is 2.54 bits per heavy atom. The fraction of sp³-hybridized carbons (Fsp3) is 0.133. The Morgan fingerprint density at radius 2 is 1.92 bits per heavy atom. The van der Waals surface area contributed by atoms with Crippen molar-refractivity contribution in [2.75, 3.05) is 7.05 Å². The molecule has 5 nitrogen and oxygen atoms in total. The van der Waals surface area contributed by atoms with Gasteiger partial charge >= 0.3 is 6.18 Å². The Morgan fingerprint density at radius 1 is 1.25 bits per heavy atom. The van der Waals surface area contributed by atoms with Crippen molar-refractivity contribution in [2.24, 2.45) is 5.11 Å². The van der Waals surface area contributed by atoms with Gasteiger partial charge in [-0.3, -0.25) is 0 Å². The minimum atomic E-state index is -4.54. The summed E-state index contributed by atoms with van der Waals surface area (Å²) in [5.74, 6) is -0.661. The number of phenolic OH excluding ortho intramolecular Hbond substituents is 1. The van der Waals surface area contributed by atoms with E-state index in [1.54, 1.807) is 24.3 Å². The molecule has 124 valence electrons. The molecule has 0 aliphatic rings. The Bertz CT molecular complexity index is 951. The van der Waals surface area contributed by atoms with Gasteiger partial charge in [0, 0.05) is 10.5 Å². The molecule has 0 spiro atoms. The predicted molar refractivity (Wildman–Crippen MR) is 80.1 cm³/mol. The number of thiazole rings is 1. The van der Waals surface area contributed by atoms with Gasteiger partial charge in [0.25, 0.3) is 10.8 Å². The molecule has 3 rings (SSSR count). The van der Waals surface area contributed by atoms with E-state index in [0.717, 1.165) is 22.8 Å². The number of azo groups is 2. The Labute approximate surface area is 138 Å². The lowest BCUT2D eigenvalue weighted by atomic mass is 10.1. The Hall–Kier alpha value is -2.68. The third-order valence-corrected chi connectivity index (χ3v) is 4.02. The molecule has 2 aromatic carbocycles. The number of nitrogens with zero attached hydrogens (tertiary/aromatic N) is 3. The number of aromatic hydroxyl groups is 1. The first kappa shape index (κ1) is 16.2. The summed E-state index contributed by atoms with van der Waals surface area (Å²) < 4.78 is 39.0. The van der Waals surface area contributed by atoms with Crippen molar-refractivity contribution >= 4 is 32.9 Å². The average Bonchev–Trinajstić information content (AvgIpc) is 2.96. The van der Waals surface area contributed by atoms with Crippen LogP contribution in [0.4, 0.5) is 24.0 Å². The molecule has 0 unspecified atom stereocenters. The summed E-state index contributed by atoms with van der Waals surface area (Å²) in [7, 11) is 1.46. The number of hydrogen-bond donors (Lipinski definition) is 1. The van der Waals surface area contributed by atoms with Gasteiger partial charge in [-0.2, -0.15) is 13.2 Å². The van der Waals surface area contributed by atoms with Crippen molar-refractivity contribution in [1.82, 2.24) is 4.98 Å². The second-order valence-corrected chi connectivity index (χ2v) is 5.76. The molecule has 0 fully saturated rings. The predicted octanol–water partition coefficient (Wildman–Crippen LogP) is 4.15. The second kappa shape index (κ2) is 5.75. The molecule has 0 radical (unpaired) electrons. The normalized spacial score (nSPS) is 12.8. The van der Waals surface area contributed by atoms with Crippen molar-refractivity contribution in [3.63, 3.8) is 0 Å². The van der Waals surface area contributed by atoms with E-state index in [4.69, 9.17) is 0 Å². The maximum absolute atomic E-state index is 12.6. The van der Waals surface area contributed by atoms with E-state index in [1.165, 1.54) is 11.7 Å². The van der Waals surface area contributed by atoms with Crippen molar-refractivity contribution < 1.29 is 28.1 Å². The van der Waals surface area contributed by atoms with E-state index in [-0.39, 0.29) is 22.3 Å². The van der Waals surface area contributed by atoms with Crippen LogP contribution in [0, 0.1) is 0 Å². The zero-order valence-electron chi connectivity index (χ0n) is 12.2. The van der Waals surface area contributed by atoms with Gasteiger partial charge in [-0.25, -0.2) is 4.98 Å². The molecule has 24 heavy (non-hydrogen) atoms. The number of benzene rings is 2. The van der Waals surface area contributed by atoms with Crippen LogP contribution in [0.2, 0.25) is 0 Å². The maximum atomic E-state index is 12.6. The summed E-state index contributed by atoms with van der Waals surface area (Å²) in [6.45, 7) is 0. The quantitative estimate of drug-likeness (QED) is 0.556. The molecule has 9 heteroatoms. The van der Waals surface area contributed by atoms with Gasteiger partial charge in [0.1, 0.15) is 0 Å². The molecule has 1 heterocycles. The molecule has 0 saturated carbocycles. The summed E-state index contributed by atoms with van der Waals surface area (Å²) in [4.78, 5) is 3.42. The molecule has 0 aliphatic heterocycles. The fourth-order valence-corrected chi connectivity index (χ4v) is 3.00. The second-order valence-electron chi connectivity index (χ2n) is 4.92. The minimum Gasteiger partial charge on any atom is -0.872 e. The molecular formula is C15H10F3N3O2S.